The van der Waals surface area contributed by atoms with Gasteiger partial charge in [-0.25, -0.2) is 0 Å². The van der Waals surface area contributed by atoms with Gasteiger partial charge in [0.05, 0.1) is 6.61 Å². The fourth-order valence-electron chi connectivity index (χ4n) is 4.42. The first kappa shape index (κ1) is 17.7. The van der Waals surface area contributed by atoms with E-state index in [9.17, 15) is 10.2 Å². The molecular weight excluding hydrogens is 304 g/mol. The molecule has 0 bridgehead atoms. The first-order valence-corrected chi connectivity index (χ1v) is 9.22. The molecule has 0 spiro atoms. The number of rotatable bonds is 4. The number of aliphatic hydroxyl groups excluding tert-OH is 1. The van der Waals surface area contributed by atoms with E-state index in [2.05, 4.69) is 6.92 Å². The molecule has 4 nitrogen and oxygen atoms in total. The van der Waals surface area contributed by atoms with Crippen molar-refractivity contribution >= 4 is 0 Å². The van der Waals surface area contributed by atoms with Gasteiger partial charge in [-0.2, -0.15) is 0 Å². The molecule has 0 radical (unpaired) electrons. The maximum Gasteiger partial charge on any atom is 0.200 e. The predicted octanol–water partition coefficient (Wildman–Crippen LogP) is 3.57. The Morgan fingerprint density at radius 2 is 1.96 bits per heavy atom. The predicted molar refractivity (Wildman–Crippen MR) is 92.4 cm³/mol. The highest BCUT2D eigenvalue weighted by Crippen LogP contribution is 2.45. The minimum absolute atomic E-state index is 0.0321. The minimum atomic E-state index is -1.01. The van der Waals surface area contributed by atoms with Crippen LogP contribution in [0.3, 0.4) is 0 Å². The van der Waals surface area contributed by atoms with Crippen LogP contribution in [-0.4, -0.2) is 28.9 Å². The Labute approximate surface area is 144 Å². The Morgan fingerprint density at radius 3 is 2.71 bits per heavy atom. The highest BCUT2D eigenvalue weighted by Gasteiger charge is 2.42. The molecule has 1 aromatic carbocycles. The Kier molecular flexibility index (Phi) is 5.48. The normalized spacial score (nSPS) is 36.2. The summed E-state index contributed by atoms with van der Waals surface area (Å²) in [5.74, 6) is 1.04. The Bertz CT molecular complexity index is 516. The number of hydrogen-bond donors (Lipinski definition) is 2. The third-order valence-electron chi connectivity index (χ3n) is 5.96. The molecule has 3 rings (SSSR count). The van der Waals surface area contributed by atoms with Crippen molar-refractivity contribution in [1.29, 1.82) is 0 Å². The lowest BCUT2D eigenvalue weighted by atomic mass is 9.66. The standard InChI is InChI=1S/C20H30O4/c1-14(19(21)24-16-8-4-3-5-9-16)17-10-6-7-15-11-12-20(2,22)23-13-18(15)17/h3-5,8-9,14-15,17-19,21-22H,6-7,10-13H2,1-2H3/t14-,15?,17?,18?,19?,20+/m1/s1. The lowest BCUT2D eigenvalue weighted by molar-refractivity contribution is -0.198. The summed E-state index contributed by atoms with van der Waals surface area (Å²) in [7, 11) is 0. The van der Waals surface area contributed by atoms with E-state index in [0.29, 0.717) is 36.5 Å². The number of benzene rings is 1. The van der Waals surface area contributed by atoms with Crippen LogP contribution in [0, 0.1) is 23.7 Å². The van der Waals surface area contributed by atoms with Crippen LogP contribution in [0.4, 0.5) is 0 Å². The van der Waals surface area contributed by atoms with E-state index in [-0.39, 0.29) is 5.92 Å². The van der Waals surface area contributed by atoms with Gasteiger partial charge in [-0.15, -0.1) is 0 Å². The Hall–Kier alpha value is -1.10. The van der Waals surface area contributed by atoms with Crippen LogP contribution in [-0.2, 0) is 4.74 Å². The molecule has 1 aliphatic carbocycles. The van der Waals surface area contributed by atoms with Gasteiger partial charge in [-0.3, -0.25) is 0 Å². The third kappa shape index (κ3) is 4.11. The summed E-state index contributed by atoms with van der Waals surface area (Å²) in [6.07, 6.45) is 4.33. The van der Waals surface area contributed by atoms with Gasteiger partial charge in [0, 0.05) is 12.3 Å². The number of para-hydroxylation sites is 1. The van der Waals surface area contributed by atoms with Crippen molar-refractivity contribution < 1.29 is 19.7 Å². The smallest absolute Gasteiger partial charge is 0.200 e. The Balaban J connectivity index is 1.67. The molecule has 0 aromatic heterocycles. The SMILES string of the molecule is C[C@@H](C(O)Oc1ccccc1)C1CCCC2CC[C@@](C)(O)OCC21. The second-order valence-electron chi connectivity index (χ2n) is 7.72. The van der Waals surface area contributed by atoms with Gasteiger partial charge < -0.3 is 19.7 Å². The van der Waals surface area contributed by atoms with Crippen LogP contribution in [0.15, 0.2) is 30.3 Å². The van der Waals surface area contributed by atoms with Crippen molar-refractivity contribution in [3.05, 3.63) is 30.3 Å². The van der Waals surface area contributed by atoms with Crippen molar-refractivity contribution in [2.24, 2.45) is 23.7 Å². The molecule has 2 aliphatic rings. The molecule has 2 fully saturated rings. The molecule has 4 unspecified atom stereocenters. The van der Waals surface area contributed by atoms with Crippen molar-refractivity contribution in [3.63, 3.8) is 0 Å². The topological polar surface area (TPSA) is 58.9 Å². The van der Waals surface area contributed by atoms with Gasteiger partial charge in [0.25, 0.3) is 0 Å². The van der Waals surface area contributed by atoms with Crippen LogP contribution < -0.4 is 4.74 Å². The molecular formula is C20H30O4. The monoisotopic (exact) mass is 334 g/mol. The molecule has 134 valence electrons. The van der Waals surface area contributed by atoms with E-state index in [1.807, 2.05) is 30.3 Å². The van der Waals surface area contributed by atoms with Gasteiger partial charge in [-0.1, -0.05) is 38.0 Å². The zero-order chi connectivity index (χ0) is 17.2. The van der Waals surface area contributed by atoms with Crippen molar-refractivity contribution in [2.45, 2.75) is 58.0 Å². The molecule has 2 N–H and O–H groups in total. The van der Waals surface area contributed by atoms with Gasteiger partial charge in [0.2, 0.25) is 0 Å². The molecule has 24 heavy (non-hydrogen) atoms. The fourth-order valence-corrected chi connectivity index (χ4v) is 4.42. The van der Waals surface area contributed by atoms with Crippen molar-refractivity contribution in [1.82, 2.24) is 0 Å². The summed E-state index contributed by atoms with van der Waals surface area (Å²) in [4.78, 5) is 0. The van der Waals surface area contributed by atoms with E-state index in [1.165, 1.54) is 12.8 Å². The average Bonchev–Trinajstić information content (AvgIpc) is 2.74. The summed E-state index contributed by atoms with van der Waals surface area (Å²) < 4.78 is 11.5. The summed E-state index contributed by atoms with van der Waals surface area (Å²) in [5, 5.41) is 20.8. The van der Waals surface area contributed by atoms with Crippen LogP contribution in [0.2, 0.25) is 0 Å². The molecule has 1 saturated carbocycles. The van der Waals surface area contributed by atoms with Crippen LogP contribution in [0.5, 0.6) is 5.75 Å². The summed E-state index contributed by atoms with van der Waals surface area (Å²) in [6.45, 7) is 4.41. The number of fused-ring (bicyclic) bond motifs is 1. The van der Waals surface area contributed by atoms with E-state index in [1.54, 1.807) is 6.92 Å². The lowest BCUT2D eigenvalue weighted by Crippen LogP contribution is -2.40. The van der Waals surface area contributed by atoms with E-state index in [0.717, 1.165) is 12.8 Å². The first-order valence-electron chi connectivity index (χ1n) is 9.22. The third-order valence-corrected chi connectivity index (χ3v) is 5.96. The number of aliphatic hydroxyl groups is 2. The maximum absolute atomic E-state index is 10.6. The molecule has 0 amide bonds. The zero-order valence-electron chi connectivity index (χ0n) is 14.7. The average molecular weight is 334 g/mol. The lowest BCUT2D eigenvalue weighted by Gasteiger charge is -2.41. The number of hydrogen-bond acceptors (Lipinski definition) is 4. The summed E-state index contributed by atoms with van der Waals surface area (Å²) in [6, 6.07) is 9.48. The van der Waals surface area contributed by atoms with Crippen LogP contribution in [0.25, 0.3) is 0 Å². The van der Waals surface area contributed by atoms with Crippen LogP contribution in [0.1, 0.15) is 46.0 Å². The quantitative estimate of drug-likeness (QED) is 0.827. The highest BCUT2D eigenvalue weighted by molar-refractivity contribution is 5.21. The summed E-state index contributed by atoms with van der Waals surface area (Å²) >= 11 is 0. The number of ether oxygens (including phenoxy) is 2. The van der Waals surface area contributed by atoms with Gasteiger partial charge in [0.1, 0.15) is 5.75 Å². The van der Waals surface area contributed by atoms with Gasteiger partial charge in [0.15, 0.2) is 12.1 Å². The largest absolute Gasteiger partial charge is 0.465 e. The first-order chi connectivity index (χ1) is 11.5. The molecule has 4 heteroatoms. The van der Waals surface area contributed by atoms with E-state index >= 15 is 0 Å². The molecule has 6 atom stereocenters. The zero-order valence-corrected chi connectivity index (χ0v) is 14.7. The minimum Gasteiger partial charge on any atom is -0.465 e. The van der Waals surface area contributed by atoms with E-state index < -0.39 is 12.1 Å². The van der Waals surface area contributed by atoms with Gasteiger partial charge in [-0.05, 0) is 49.7 Å². The highest BCUT2D eigenvalue weighted by atomic mass is 16.6. The van der Waals surface area contributed by atoms with E-state index in [4.69, 9.17) is 9.47 Å². The van der Waals surface area contributed by atoms with Crippen LogP contribution >= 0.6 is 0 Å². The molecule has 1 aliphatic heterocycles. The molecule has 1 saturated heterocycles. The molecule has 1 aromatic rings. The van der Waals surface area contributed by atoms with Crippen molar-refractivity contribution in [2.75, 3.05) is 6.61 Å². The maximum atomic E-state index is 10.6. The van der Waals surface area contributed by atoms with Gasteiger partial charge >= 0.3 is 0 Å². The summed E-state index contributed by atoms with van der Waals surface area (Å²) in [5.41, 5.74) is 0. The fraction of sp³-hybridized carbons (Fsp3) is 0.700. The second-order valence-corrected chi connectivity index (χ2v) is 7.72. The van der Waals surface area contributed by atoms with Crippen molar-refractivity contribution in [3.8, 4) is 5.75 Å². The second kappa shape index (κ2) is 7.42. The molecule has 1 heterocycles. The Morgan fingerprint density at radius 1 is 1.21 bits per heavy atom.